The Balaban J connectivity index is 2.24. The Morgan fingerprint density at radius 2 is 2.22 bits per heavy atom. The van der Waals surface area contributed by atoms with Crippen molar-refractivity contribution in [3.8, 4) is 6.07 Å². The van der Waals surface area contributed by atoms with Gasteiger partial charge in [-0.3, -0.25) is 4.79 Å². The van der Waals surface area contributed by atoms with E-state index in [9.17, 15) is 4.79 Å². The van der Waals surface area contributed by atoms with Crippen LogP contribution in [0.5, 0.6) is 0 Å². The molecular formula is C12H17N5O. The lowest BCUT2D eigenvalue weighted by atomic mass is 10.2. The van der Waals surface area contributed by atoms with E-state index in [0.717, 1.165) is 0 Å². The Hall–Kier alpha value is -2.16. The molecule has 0 aromatic carbocycles. The zero-order valence-electron chi connectivity index (χ0n) is 10.6. The van der Waals surface area contributed by atoms with Gasteiger partial charge in [0.25, 0.3) is 0 Å². The van der Waals surface area contributed by atoms with E-state index in [1.807, 2.05) is 19.9 Å². The highest BCUT2D eigenvalue weighted by molar-refractivity contribution is 5.76. The second kappa shape index (κ2) is 7.22. The third-order valence-corrected chi connectivity index (χ3v) is 2.13. The fourth-order valence-electron chi connectivity index (χ4n) is 1.19. The molecule has 1 aromatic rings. The number of nitriles is 1. The molecule has 0 aliphatic rings. The molecule has 0 saturated heterocycles. The minimum Gasteiger partial charge on any atom is -0.368 e. The fourth-order valence-corrected chi connectivity index (χ4v) is 1.19. The lowest BCUT2D eigenvalue weighted by molar-refractivity contribution is -0.120. The third kappa shape index (κ3) is 5.25. The van der Waals surface area contributed by atoms with Gasteiger partial charge in [0.2, 0.25) is 5.91 Å². The fraction of sp³-hybridized carbons (Fsp3) is 0.500. The molecule has 0 radical (unpaired) electrons. The van der Waals surface area contributed by atoms with Crippen LogP contribution in [0.4, 0.5) is 5.82 Å². The van der Waals surface area contributed by atoms with E-state index < -0.39 is 0 Å². The number of amides is 1. The Bertz CT molecular complexity index is 421. The van der Waals surface area contributed by atoms with Crippen molar-refractivity contribution < 1.29 is 4.79 Å². The van der Waals surface area contributed by atoms with Crippen molar-refractivity contribution in [2.24, 2.45) is 5.92 Å². The summed E-state index contributed by atoms with van der Waals surface area (Å²) in [4.78, 5) is 19.3. The highest BCUT2D eigenvalue weighted by Gasteiger charge is 2.02. The van der Waals surface area contributed by atoms with E-state index in [-0.39, 0.29) is 11.6 Å². The maximum atomic E-state index is 11.4. The molecule has 6 nitrogen and oxygen atoms in total. The van der Waals surface area contributed by atoms with Crippen LogP contribution in [-0.2, 0) is 4.79 Å². The molecular weight excluding hydrogens is 230 g/mol. The number of carbonyl (C=O) groups is 1. The van der Waals surface area contributed by atoms with E-state index in [2.05, 4.69) is 20.6 Å². The lowest BCUT2D eigenvalue weighted by Crippen LogP contribution is -2.28. The first-order valence-corrected chi connectivity index (χ1v) is 5.84. The van der Waals surface area contributed by atoms with Gasteiger partial charge in [0.1, 0.15) is 11.9 Å². The number of aromatic nitrogens is 2. The molecule has 1 aromatic heterocycles. The molecule has 0 bridgehead atoms. The maximum Gasteiger partial charge on any atom is 0.221 e. The van der Waals surface area contributed by atoms with Gasteiger partial charge in [-0.15, -0.1) is 0 Å². The summed E-state index contributed by atoms with van der Waals surface area (Å²) >= 11 is 0. The minimum atomic E-state index is 0.0119. The molecule has 0 unspecified atom stereocenters. The minimum absolute atomic E-state index is 0.0119. The molecule has 0 aliphatic heterocycles. The number of rotatable bonds is 6. The van der Waals surface area contributed by atoms with E-state index in [4.69, 9.17) is 5.26 Å². The Morgan fingerprint density at radius 3 is 2.78 bits per heavy atom. The molecule has 1 rings (SSSR count). The van der Waals surface area contributed by atoms with Crippen LogP contribution in [-0.4, -0.2) is 29.0 Å². The summed E-state index contributed by atoms with van der Waals surface area (Å²) in [6, 6.07) is 1.89. The molecule has 1 amide bonds. The lowest BCUT2D eigenvalue weighted by Gasteiger charge is -2.08. The largest absolute Gasteiger partial charge is 0.368 e. The van der Waals surface area contributed by atoms with Gasteiger partial charge in [-0.25, -0.2) is 9.97 Å². The zero-order valence-corrected chi connectivity index (χ0v) is 10.6. The van der Waals surface area contributed by atoms with Gasteiger partial charge < -0.3 is 10.6 Å². The van der Waals surface area contributed by atoms with Crippen LogP contribution in [0.25, 0.3) is 0 Å². The molecule has 2 N–H and O–H groups in total. The highest BCUT2D eigenvalue weighted by Crippen LogP contribution is 2.00. The van der Waals surface area contributed by atoms with Gasteiger partial charge in [0, 0.05) is 19.5 Å². The predicted molar refractivity (Wildman–Crippen MR) is 67.7 cm³/mol. The van der Waals surface area contributed by atoms with Gasteiger partial charge in [-0.05, 0) is 5.92 Å². The van der Waals surface area contributed by atoms with Crippen LogP contribution in [0.15, 0.2) is 12.4 Å². The Kier molecular flexibility index (Phi) is 5.58. The van der Waals surface area contributed by atoms with Crippen LogP contribution in [0.3, 0.4) is 0 Å². The summed E-state index contributed by atoms with van der Waals surface area (Å²) in [6.07, 6.45) is 3.25. The summed E-state index contributed by atoms with van der Waals surface area (Å²) in [5, 5.41) is 14.4. The quantitative estimate of drug-likeness (QED) is 0.780. The smallest absolute Gasteiger partial charge is 0.221 e. The van der Waals surface area contributed by atoms with Crippen molar-refractivity contribution in [3.05, 3.63) is 18.1 Å². The van der Waals surface area contributed by atoms with E-state index >= 15 is 0 Å². The van der Waals surface area contributed by atoms with Crippen LogP contribution in [0.1, 0.15) is 26.0 Å². The SMILES string of the molecule is CC(C)CNC(=O)CCNc1cnc(C#N)cn1. The topological polar surface area (TPSA) is 90.7 Å². The average molecular weight is 247 g/mol. The standard InChI is InChI=1S/C12H17N5O/c1-9(2)6-17-12(18)3-4-14-11-8-15-10(5-13)7-16-11/h7-9H,3-4,6H2,1-2H3,(H,14,16)(H,17,18). The van der Waals surface area contributed by atoms with Crippen LogP contribution < -0.4 is 10.6 Å². The van der Waals surface area contributed by atoms with Crippen LogP contribution in [0.2, 0.25) is 0 Å². The van der Waals surface area contributed by atoms with E-state index in [1.54, 1.807) is 0 Å². The molecule has 18 heavy (non-hydrogen) atoms. The van der Waals surface area contributed by atoms with Gasteiger partial charge in [0.15, 0.2) is 5.69 Å². The molecule has 0 aliphatic carbocycles. The number of nitrogens with one attached hydrogen (secondary N) is 2. The summed E-state index contributed by atoms with van der Waals surface area (Å²) < 4.78 is 0. The van der Waals surface area contributed by atoms with Crippen molar-refractivity contribution in [2.45, 2.75) is 20.3 Å². The molecule has 0 fully saturated rings. The van der Waals surface area contributed by atoms with Crippen LogP contribution in [0, 0.1) is 17.2 Å². The first-order chi connectivity index (χ1) is 8.61. The molecule has 0 spiro atoms. The summed E-state index contributed by atoms with van der Waals surface area (Å²) in [5.74, 6) is 1.02. The third-order valence-electron chi connectivity index (χ3n) is 2.13. The van der Waals surface area contributed by atoms with Crippen molar-refractivity contribution in [3.63, 3.8) is 0 Å². The van der Waals surface area contributed by atoms with Crippen molar-refractivity contribution >= 4 is 11.7 Å². The maximum absolute atomic E-state index is 11.4. The predicted octanol–water partition coefficient (Wildman–Crippen LogP) is 0.922. The Labute approximate surface area is 106 Å². The summed E-state index contributed by atoms with van der Waals surface area (Å²) in [5.41, 5.74) is 0.273. The number of anilines is 1. The summed E-state index contributed by atoms with van der Waals surface area (Å²) in [7, 11) is 0. The average Bonchev–Trinajstić information content (AvgIpc) is 2.37. The van der Waals surface area contributed by atoms with Gasteiger partial charge in [-0.2, -0.15) is 5.26 Å². The Morgan fingerprint density at radius 1 is 1.44 bits per heavy atom. The second-order valence-electron chi connectivity index (χ2n) is 4.27. The molecule has 0 saturated carbocycles. The van der Waals surface area contributed by atoms with E-state index in [1.165, 1.54) is 12.4 Å². The number of nitrogens with zero attached hydrogens (tertiary/aromatic N) is 3. The molecule has 1 heterocycles. The van der Waals surface area contributed by atoms with Gasteiger partial charge in [0.05, 0.1) is 12.4 Å². The second-order valence-corrected chi connectivity index (χ2v) is 4.27. The number of hydrogen-bond acceptors (Lipinski definition) is 5. The molecule has 0 atom stereocenters. The van der Waals surface area contributed by atoms with Crippen molar-refractivity contribution in [1.82, 2.24) is 15.3 Å². The summed E-state index contributed by atoms with van der Waals surface area (Å²) in [6.45, 7) is 5.27. The molecule has 96 valence electrons. The van der Waals surface area contributed by atoms with Gasteiger partial charge in [-0.1, -0.05) is 13.8 Å². The van der Waals surface area contributed by atoms with Crippen LogP contribution >= 0.6 is 0 Å². The van der Waals surface area contributed by atoms with E-state index in [0.29, 0.717) is 31.2 Å². The molecule has 6 heteroatoms. The highest BCUT2D eigenvalue weighted by atomic mass is 16.1. The first-order valence-electron chi connectivity index (χ1n) is 5.84. The first kappa shape index (κ1) is 13.9. The number of carbonyl (C=O) groups excluding carboxylic acids is 1. The number of hydrogen-bond donors (Lipinski definition) is 2. The monoisotopic (exact) mass is 247 g/mol. The van der Waals surface area contributed by atoms with Gasteiger partial charge >= 0.3 is 0 Å². The van der Waals surface area contributed by atoms with Crippen molar-refractivity contribution in [1.29, 1.82) is 5.26 Å². The normalized spacial score (nSPS) is 9.89. The van der Waals surface area contributed by atoms with Crippen molar-refractivity contribution in [2.75, 3.05) is 18.4 Å². The zero-order chi connectivity index (χ0) is 13.4.